The fraction of sp³-hybridized carbons (Fsp3) is 0.263. The van der Waals surface area contributed by atoms with Crippen LogP contribution in [0.5, 0.6) is 17.2 Å². The van der Waals surface area contributed by atoms with E-state index in [1.165, 1.54) is 0 Å². The van der Waals surface area contributed by atoms with Crippen LogP contribution < -0.4 is 14.2 Å². The molecule has 1 aliphatic rings. The summed E-state index contributed by atoms with van der Waals surface area (Å²) in [5, 5.41) is 4.07. The van der Waals surface area contributed by atoms with Crippen LogP contribution in [0.25, 0.3) is 0 Å². The summed E-state index contributed by atoms with van der Waals surface area (Å²) in [5.74, 6) is 1.40. The van der Waals surface area contributed by atoms with Crippen LogP contribution in [0.1, 0.15) is 29.3 Å². The van der Waals surface area contributed by atoms with E-state index in [4.69, 9.17) is 19.0 Å². The van der Waals surface area contributed by atoms with Crippen molar-refractivity contribution in [3.8, 4) is 17.2 Å². The molecule has 0 fully saturated rings. The zero-order valence-electron chi connectivity index (χ0n) is 14.3. The molecule has 1 aliphatic heterocycles. The molecule has 3 rings (SSSR count). The van der Waals surface area contributed by atoms with E-state index in [0.29, 0.717) is 34.9 Å². The lowest BCUT2D eigenvalue weighted by molar-refractivity contribution is 0.0512. The Kier molecular flexibility index (Phi) is 4.88. The van der Waals surface area contributed by atoms with Gasteiger partial charge in [0.05, 0.1) is 25.5 Å². The van der Waals surface area contributed by atoms with Crippen molar-refractivity contribution >= 4 is 11.7 Å². The molecular weight excluding hydrogens is 322 g/mol. The average molecular weight is 341 g/mol. The lowest BCUT2D eigenvalue weighted by Gasteiger charge is -2.24. The number of methoxy groups -OCH3 is 2. The van der Waals surface area contributed by atoms with Crippen LogP contribution >= 0.6 is 0 Å². The number of oxime groups is 1. The predicted octanol–water partition coefficient (Wildman–Crippen LogP) is 3.44. The third-order valence-electron chi connectivity index (χ3n) is 3.85. The molecule has 0 N–H and O–H groups in total. The second-order valence-electron chi connectivity index (χ2n) is 5.64. The molecule has 0 saturated heterocycles. The summed E-state index contributed by atoms with van der Waals surface area (Å²) in [6.07, 6.45) is 0.471. The first-order valence-electron chi connectivity index (χ1n) is 7.88. The van der Waals surface area contributed by atoms with Crippen molar-refractivity contribution in [2.75, 3.05) is 14.2 Å². The van der Waals surface area contributed by atoms with Gasteiger partial charge < -0.3 is 19.0 Å². The Morgan fingerprint density at radius 2 is 1.88 bits per heavy atom. The van der Waals surface area contributed by atoms with Gasteiger partial charge in [0, 0.05) is 18.1 Å². The van der Waals surface area contributed by atoms with Crippen LogP contribution in [0.3, 0.4) is 0 Å². The van der Waals surface area contributed by atoms with Crippen molar-refractivity contribution < 1.29 is 23.8 Å². The SMILES string of the molecule is COc1cccc(C(=O)O/N=C2\C[C@@H](C)Oc3cc(OC)ccc32)c1. The lowest BCUT2D eigenvalue weighted by Crippen LogP contribution is -2.25. The van der Waals surface area contributed by atoms with Crippen molar-refractivity contribution in [2.24, 2.45) is 5.16 Å². The van der Waals surface area contributed by atoms with Gasteiger partial charge in [0.1, 0.15) is 23.4 Å². The summed E-state index contributed by atoms with van der Waals surface area (Å²) in [6.45, 7) is 1.93. The summed E-state index contributed by atoms with van der Waals surface area (Å²) in [6, 6.07) is 12.2. The zero-order chi connectivity index (χ0) is 17.8. The quantitative estimate of drug-likeness (QED) is 0.629. The van der Waals surface area contributed by atoms with Crippen molar-refractivity contribution in [3.63, 3.8) is 0 Å². The Labute approximate surface area is 146 Å². The van der Waals surface area contributed by atoms with Gasteiger partial charge in [0.25, 0.3) is 0 Å². The Balaban J connectivity index is 1.83. The number of benzene rings is 2. The summed E-state index contributed by atoms with van der Waals surface area (Å²) >= 11 is 0. The van der Waals surface area contributed by atoms with Gasteiger partial charge in [0.2, 0.25) is 0 Å². The number of nitrogens with zero attached hydrogens (tertiary/aromatic N) is 1. The number of carbonyl (C=O) groups is 1. The summed E-state index contributed by atoms with van der Waals surface area (Å²) in [4.78, 5) is 17.3. The standard InChI is InChI=1S/C19H19NO5/c1-12-9-17(16-8-7-15(23-3)11-18(16)24-12)20-25-19(21)13-5-4-6-14(10-13)22-2/h4-8,10-12H,9H2,1-3H3/b20-17+/t12-/m1/s1. The highest BCUT2D eigenvalue weighted by atomic mass is 16.7. The number of carbonyl (C=O) groups excluding carboxylic acids is 1. The van der Waals surface area contributed by atoms with E-state index in [9.17, 15) is 4.79 Å². The normalized spacial score (nSPS) is 17.4. The van der Waals surface area contributed by atoms with Crippen molar-refractivity contribution in [2.45, 2.75) is 19.4 Å². The summed E-state index contributed by atoms with van der Waals surface area (Å²) in [5.41, 5.74) is 1.82. The molecule has 1 atom stereocenters. The molecule has 1 heterocycles. The molecule has 0 aliphatic carbocycles. The van der Waals surface area contributed by atoms with Gasteiger partial charge >= 0.3 is 5.97 Å². The monoisotopic (exact) mass is 341 g/mol. The van der Waals surface area contributed by atoms with Crippen LogP contribution in [0, 0.1) is 0 Å². The predicted molar refractivity (Wildman–Crippen MR) is 92.6 cm³/mol. The molecule has 130 valence electrons. The first kappa shape index (κ1) is 16.8. The minimum Gasteiger partial charge on any atom is -0.497 e. The van der Waals surface area contributed by atoms with E-state index < -0.39 is 5.97 Å². The highest BCUT2D eigenvalue weighted by Gasteiger charge is 2.23. The molecule has 6 heteroatoms. The van der Waals surface area contributed by atoms with Crippen LogP contribution in [-0.2, 0) is 4.84 Å². The van der Waals surface area contributed by atoms with E-state index >= 15 is 0 Å². The second kappa shape index (κ2) is 7.25. The molecule has 0 spiro atoms. The topological polar surface area (TPSA) is 66.4 Å². The van der Waals surface area contributed by atoms with E-state index in [2.05, 4.69) is 5.16 Å². The number of hydrogen-bond donors (Lipinski definition) is 0. The highest BCUT2D eigenvalue weighted by Crippen LogP contribution is 2.31. The molecule has 2 aromatic rings. The number of rotatable bonds is 4. The molecule has 0 aromatic heterocycles. The number of fused-ring (bicyclic) bond motifs is 1. The Bertz CT molecular complexity index is 815. The molecule has 0 unspecified atom stereocenters. The van der Waals surface area contributed by atoms with Crippen molar-refractivity contribution in [3.05, 3.63) is 53.6 Å². The van der Waals surface area contributed by atoms with Crippen LogP contribution in [0.15, 0.2) is 47.6 Å². The van der Waals surface area contributed by atoms with Gasteiger partial charge in [-0.15, -0.1) is 0 Å². The molecule has 0 bridgehead atoms. The highest BCUT2D eigenvalue weighted by molar-refractivity contribution is 6.04. The Morgan fingerprint density at radius 1 is 1.12 bits per heavy atom. The maximum absolute atomic E-state index is 12.2. The molecule has 25 heavy (non-hydrogen) atoms. The first-order valence-corrected chi connectivity index (χ1v) is 7.88. The van der Waals surface area contributed by atoms with Crippen molar-refractivity contribution in [1.29, 1.82) is 0 Å². The zero-order valence-corrected chi connectivity index (χ0v) is 14.3. The maximum atomic E-state index is 12.2. The van der Waals surface area contributed by atoms with Crippen LogP contribution in [0.2, 0.25) is 0 Å². The van der Waals surface area contributed by atoms with E-state index in [1.54, 1.807) is 44.6 Å². The number of hydrogen-bond acceptors (Lipinski definition) is 6. The van der Waals surface area contributed by atoms with Crippen molar-refractivity contribution in [1.82, 2.24) is 0 Å². The molecule has 0 radical (unpaired) electrons. The minimum atomic E-state index is -0.541. The average Bonchev–Trinajstić information content (AvgIpc) is 2.65. The second-order valence-corrected chi connectivity index (χ2v) is 5.64. The minimum absolute atomic E-state index is 0.0751. The molecule has 6 nitrogen and oxygen atoms in total. The molecule has 0 amide bonds. The van der Waals surface area contributed by atoms with E-state index in [-0.39, 0.29) is 6.10 Å². The van der Waals surface area contributed by atoms with Gasteiger partial charge in [0.15, 0.2) is 0 Å². The smallest absolute Gasteiger partial charge is 0.365 e. The maximum Gasteiger partial charge on any atom is 0.365 e. The molecular formula is C19H19NO5. The van der Waals surface area contributed by atoms with Crippen LogP contribution in [-0.4, -0.2) is 32.0 Å². The lowest BCUT2D eigenvalue weighted by atomic mass is 10.0. The third-order valence-corrected chi connectivity index (χ3v) is 3.85. The van der Waals surface area contributed by atoms with Gasteiger partial charge in [-0.3, -0.25) is 0 Å². The molecule has 2 aromatic carbocycles. The third kappa shape index (κ3) is 3.74. The fourth-order valence-corrected chi connectivity index (χ4v) is 2.59. The summed E-state index contributed by atoms with van der Waals surface area (Å²) < 4.78 is 16.1. The van der Waals surface area contributed by atoms with Crippen LogP contribution in [0.4, 0.5) is 0 Å². The van der Waals surface area contributed by atoms with Gasteiger partial charge in [-0.1, -0.05) is 11.2 Å². The van der Waals surface area contributed by atoms with Gasteiger partial charge in [-0.25, -0.2) is 4.79 Å². The van der Waals surface area contributed by atoms with Gasteiger partial charge in [-0.05, 0) is 37.3 Å². The fourth-order valence-electron chi connectivity index (χ4n) is 2.59. The van der Waals surface area contributed by atoms with Gasteiger partial charge in [-0.2, -0.15) is 0 Å². The first-order chi connectivity index (χ1) is 12.1. The Hall–Kier alpha value is -3.02. The molecule has 0 saturated carbocycles. The summed E-state index contributed by atoms with van der Waals surface area (Å²) in [7, 11) is 3.14. The largest absolute Gasteiger partial charge is 0.497 e. The number of ether oxygens (including phenoxy) is 3. The van der Waals surface area contributed by atoms with E-state index in [1.807, 2.05) is 19.1 Å². The Morgan fingerprint density at radius 3 is 2.64 bits per heavy atom. The van der Waals surface area contributed by atoms with E-state index in [0.717, 1.165) is 5.56 Å².